The van der Waals surface area contributed by atoms with Crippen molar-refractivity contribution in [2.75, 3.05) is 5.32 Å². The Kier molecular flexibility index (Phi) is 3.84. The van der Waals surface area contributed by atoms with E-state index in [1.54, 1.807) is 23.5 Å². The summed E-state index contributed by atoms with van der Waals surface area (Å²) in [4.78, 5) is 27.3. The maximum atomic E-state index is 11.8. The van der Waals surface area contributed by atoms with Gasteiger partial charge in [-0.25, -0.2) is 4.98 Å². The van der Waals surface area contributed by atoms with Crippen LogP contribution in [-0.2, 0) is 11.2 Å². The molecular weight excluding hydrogens is 248 g/mol. The zero-order chi connectivity index (χ0) is 13.0. The van der Waals surface area contributed by atoms with Crippen LogP contribution in [0.1, 0.15) is 20.8 Å². The monoisotopic (exact) mass is 260 g/mol. The van der Waals surface area contributed by atoms with Gasteiger partial charge in [0.25, 0.3) is 0 Å². The standard InChI is InChI=1S/C13H12N2O2S/c1-9-4-5-18-11(9)6-13(17)15-12-3-2-10(8-16)7-14-12/h2-5,7-8H,6H2,1H3,(H,14,15,17). The number of aryl methyl sites for hydroxylation is 1. The van der Waals surface area contributed by atoms with Crippen molar-refractivity contribution in [2.45, 2.75) is 13.3 Å². The second-order valence-electron chi connectivity index (χ2n) is 3.85. The number of aromatic nitrogens is 1. The number of anilines is 1. The molecule has 2 aromatic rings. The largest absolute Gasteiger partial charge is 0.310 e. The molecule has 0 saturated carbocycles. The van der Waals surface area contributed by atoms with Gasteiger partial charge >= 0.3 is 0 Å². The van der Waals surface area contributed by atoms with E-state index in [4.69, 9.17) is 0 Å². The normalized spacial score (nSPS) is 10.1. The molecule has 5 heteroatoms. The van der Waals surface area contributed by atoms with Crippen molar-refractivity contribution in [3.63, 3.8) is 0 Å². The molecule has 0 radical (unpaired) electrons. The zero-order valence-electron chi connectivity index (χ0n) is 9.84. The fourth-order valence-electron chi connectivity index (χ4n) is 1.47. The van der Waals surface area contributed by atoms with Crippen molar-refractivity contribution < 1.29 is 9.59 Å². The predicted octanol–water partition coefficient (Wildman–Crippen LogP) is 2.45. The van der Waals surface area contributed by atoms with Gasteiger partial charge in [0, 0.05) is 16.6 Å². The Bertz CT molecular complexity index is 561. The van der Waals surface area contributed by atoms with Crippen LogP contribution in [0.25, 0.3) is 0 Å². The number of carbonyl (C=O) groups is 2. The second kappa shape index (κ2) is 5.55. The number of amides is 1. The number of rotatable bonds is 4. The Morgan fingerprint density at radius 3 is 2.83 bits per heavy atom. The number of aldehydes is 1. The summed E-state index contributed by atoms with van der Waals surface area (Å²) < 4.78 is 0. The highest BCUT2D eigenvalue weighted by Crippen LogP contribution is 2.16. The number of carbonyl (C=O) groups excluding carboxylic acids is 2. The molecule has 0 aliphatic carbocycles. The van der Waals surface area contributed by atoms with E-state index >= 15 is 0 Å². The van der Waals surface area contributed by atoms with Crippen LogP contribution in [0.5, 0.6) is 0 Å². The van der Waals surface area contributed by atoms with Gasteiger partial charge in [0.1, 0.15) is 5.82 Å². The molecule has 0 atom stereocenters. The summed E-state index contributed by atoms with van der Waals surface area (Å²) in [7, 11) is 0. The van der Waals surface area contributed by atoms with Gasteiger partial charge in [-0.3, -0.25) is 9.59 Å². The lowest BCUT2D eigenvalue weighted by Crippen LogP contribution is -2.15. The molecule has 0 fully saturated rings. The Morgan fingerprint density at radius 2 is 2.28 bits per heavy atom. The molecule has 1 N–H and O–H groups in total. The first-order chi connectivity index (χ1) is 8.69. The molecular formula is C13H12N2O2S. The van der Waals surface area contributed by atoms with Crippen molar-refractivity contribution in [3.8, 4) is 0 Å². The fraction of sp³-hybridized carbons (Fsp3) is 0.154. The first-order valence-corrected chi connectivity index (χ1v) is 6.31. The Labute approximate surface area is 109 Å². The maximum absolute atomic E-state index is 11.8. The lowest BCUT2D eigenvalue weighted by molar-refractivity contribution is -0.115. The number of nitrogens with one attached hydrogen (secondary N) is 1. The van der Waals surface area contributed by atoms with E-state index in [0.29, 0.717) is 24.1 Å². The van der Waals surface area contributed by atoms with Gasteiger partial charge in [-0.1, -0.05) is 0 Å². The van der Waals surface area contributed by atoms with Gasteiger partial charge < -0.3 is 5.32 Å². The van der Waals surface area contributed by atoms with Crippen LogP contribution in [0.3, 0.4) is 0 Å². The van der Waals surface area contributed by atoms with Crippen LogP contribution >= 0.6 is 11.3 Å². The third kappa shape index (κ3) is 3.01. The number of nitrogens with zero attached hydrogens (tertiary/aromatic N) is 1. The molecule has 0 unspecified atom stereocenters. The summed E-state index contributed by atoms with van der Waals surface area (Å²) in [6, 6.07) is 5.22. The summed E-state index contributed by atoms with van der Waals surface area (Å²) in [6.07, 6.45) is 2.49. The number of pyridine rings is 1. The summed E-state index contributed by atoms with van der Waals surface area (Å²) in [5, 5.41) is 4.67. The van der Waals surface area contributed by atoms with Crippen LogP contribution in [0.4, 0.5) is 5.82 Å². The van der Waals surface area contributed by atoms with Crippen LogP contribution in [0.2, 0.25) is 0 Å². The SMILES string of the molecule is Cc1ccsc1CC(=O)Nc1ccc(C=O)cn1. The highest BCUT2D eigenvalue weighted by Gasteiger charge is 2.08. The lowest BCUT2D eigenvalue weighted by Gasteiger charge is -2.04. The summed E-state index contributed by atoms with van der Waals surface area (Å²) >= 11 is 1.57. The van der Waals surface area contributed by atoms with Gasteiger partial charge in [-0.2, -0.15) is 0 Å². The van der Waals surface area contributed by atoms with Crippen molar-refractivity contribution in [1.29, 1.82) is 0 Å². The van der Waals surface area contributed by atoms with Gasteiger partial charge in [-0.15, -0.1) is 11.3 Å². The molecule has 0 spiro atoms. The molecule has 4 nitrogen and oxygen atoms in total. The number of thiophene rings is 1. The molecule has 0 bridgehead atoms. The zero-order valence-corrected chi connectivity index (χ0v) is 10.7. The van der Waals surface area contributed by atoms with E-state index in [9.17, 15) is 9.59 Å². The minimum atomic E-state index is -0.105. The third-order valence-electron chi connectivity index (χ3n) is 2.48. The fourth-order valence-corrected chi connectivity index (χ4v) is 2.37. The van der Waals surface area contributed by atoms with Gasteiger partial charge in [0.2, 0.25) is 5.91 Å². The van der Waals surface area contributed by atoms with Crippen LogP contribution in [0.15, 0.2) is 29.8 Å². The molecule has 2 aromatic heterocycles. The molecule has 2 heterocycles. The van der Waals surface area contributed by atoms with Crippen molar-refractivity contribution in [1.82, 2.24) is 4.98 Å². The molecule has 0 aromatic carbocycles. The van der Waals surface area contributed by atoms with Gasteiger partial charge in [0.15, 0.2) is 6.29 Å². The summed E-state index contributed by atoms with van der Waals surface area (Å²) in [5.41, 5.74) is 1.61. The second-order valence-corrected chi connectivity index (χ2v) is 4.85. The number of hydrogen-bond acceptors (Lipinski definition) is 4. The van der Waals surface area contributed by atoms with Gasteiger partial charge in [-0.05, 0) is 36.1 Å². The highest BCUT2D eigenvalue weighted by atomic mass is 32.1. The third-order valence-corrected chi connectivity index (χ3v) is 3.50. The Balaban J connectivity index is 1.98. The maximum Gasteiger partial charge on any atom is 0.230 e. The Hall–Kier alpha value is -2.01. The minimum absolute atomic E-state index is 0.105. The van der Waals surface area contributed by atoms with Crippen LogP contribution in [0, 0.1) is 6.92 Å². The van der Waals surface area contributed by atoms with Crippen molar-refractivity contribution >= 4 is 29.3 Å². The van der Waals surface area contributed by atoms with Gasteiger partial charge in [0.05, 0.1) is 6.42 Å². The molecule has 0 saturated heterocycles. The first kappa shape index (κ1) is 12.4. The van der Waals surface area contributed by atoms with E-state index in [1.165, 1.54) is 6.20 Å². The molecule has 0 aliphatic heterocycles. The number of hydrogen-bond donors (Lipinski definition) is 1. The molecule has 0 aliphatic rings. The molecule has 1 amide bonds. The summed E-state index contributed by atoms with van der Waals surface area (Å²) in [6.45, 7) is 1.98. The molecule has 92 valence electrons. The molecule has 2 rings (SSSR count). The van der Waals surface area contributed by atoms with E-state index in [2.05, 4.69) is 10.3 Å². The highest BCUT2D eigenvalue weighted by molar-refractivity contribution is 7.10. The predicted molar refractivity (Wildman–Crippen MR) is 71.0 cm³/mol. The van der Waals surface area contributed by atoms with Crippen molar-refractivity contribution in [3.05, 3.63) is 45.8 Å². The summed E-state index contributed by atoms with van der Waals surface area (Å²) in [5.74, 6) is 0.353. The van der Waals surface area contributed by atoms with E-state index in [0.717, 1.165) is 10.4 Å². The van der Waals surface area contributed by atoms with Crippen LogP contribution < -0.4 is 5.32 Å². The topological polar surface area (TPSA) is 59.1 Å². The quantitative estimate of drug-likeness (QED) is 0.859. The average molecular weight is 260 g/mol. The first-order valence-electron chi connectivity index (χ1n) is 5.43. The Morgan fingerprint density at radius 1 is 1.44 bits per heavy atom. The lowest BCUT2D eigenvalue weighted by atomic mass is 10.2. The molecule has 18 heavy (non-hydrogen) atoms. The van der Waals surface area contributed by atoms with Crippen LogP contribution in [-0.4, -0.2) is 17.2 Å². The average Bonchev–Trinajstić information content (AvgIpc) is 2.76. The van der Waals surface area contributed by atoms with Crippen molar-refractivity contribution in [2.24, 2.45) is 0 Å². The minimum Gasteiger partial charge on any atom is -0.310 e. The van der Waals surface area contributed by atoms with E-state index in [1.807, 2.05) is 18.4 Å². The smallest absolute Gasteiger partial charge is 0.230 e. The van der Waals surface area contributed by atoms with E-state index < -0.39 is 0 Å². The van der Waals surface area contributed by atoms with E-state index in [-0.39, 0.29) is 5.91 Å².